The van der Waals surface area contributed by atoms with Crippen molar-refractivity contribution in [2.75, 3.05) is 0 Å². The van der Waals surface area contributed by atoms with Gasteiger partial charge in [-0.15, -0.1) is 0 Å². The fraction of sp³-hybridized carbons (Fsp3) is 0.750. The van der Waals surface area contributed by atoms with Crippen LogP contribution in [0.3, 0.4) is 0 Å². The predicted molar refractivity (Wildman–Crippen MR) is 51.1 cm³/mol. The van der Waals surface area contributed by atoms with E-state index in [0.29, 0.717) is 6.42 Å². The molecule has 0 saturated carbocycles. The number of halogens is 1. The topological polar surface area (TPSA) is 46.2 Å². The quantitative estimate of drug-likeness (QED) is 0.756. The molecular weight excluding hydrogens is 222 g/mol. The minimum Gasteiger partial charge on any atom is -0.295 e. The Bertz CT molecular complexity index is 184. The van der Waals surface area contributed by atoms with Crippen molar-refractivity contribution < 1.29 is 9.59 Å². The van der Waals surface area contributed by atoms with E-state index in [-0.39, 0.29) is 11.8 Å². The summed E-state index contributed by atoms with van der Waals surface area (Å²) in [7, 11) is 0. The zero-order valence-electron chi connectivity index (χ0n) is 7.61. The number of alkyl halides is 1. The molecule has 0 unspecified atom stereocenters. The van der Waals surface area contributed by atoms with Gasteiger partial charge in [-0.25, -0.2) is 0 Å². The van der Waals surface area contributed by atoms with E-state index in [2.05, 4.69) is 21.2 Å². The molecule has 0 atom stereocenters. The van der Waals surface area contributed by atoms with Crippen LogP contribution in [0.25, 0.3) is 0 Å². The van der Waals surface area contributed by atoms with Gasteiger partial charge in [-0.05, 0) is 20.3 Å². The minimum absolute atomic E-state index is 0.213. The lowest BCUT2D eigenvalue weighted by molar-refractivity contribution is -0.131. The SMILES string of the molecule is CCCC(=O)NC(=O)C(C)(C)Br. The van der Waals surface area contributed by atoms with Crippen LogP contribution in [0, 0.1) is 0 Å². The largest absolute Gasteiger partial charge is 0.295 e. The van der Waals surface area contributed by atoms with Gasteiger partial charge < -0.3 is 0 Å². The second-order valence-electron chi connectivity index (χ2n) is 3.10. The van der Waals surface area contributed by atoms with Crippen molar-refractivity contribution in [2.45, 2.75) is 37.9 Å². The fourth-order valence-electron chi connectivity index (χ4n) is 0.565. The molecule has 70 valence electrons. The molecule has 0 spiro atoms. The van der Waals surface area contributed by atoms with Crippen LogP contribution in [-0.2, 0) is 9.59 Å². The highest BCUT2D eigenvalue weighted by Crippen LogP contribution is 2.15. The first kappa shape index (κ1) is 11.6. The number of amides is 2. The minimum atomic E-state index is -0.670. The third-order valence-corrected chi connectivity index (χ3v) is 1.63. The summed E-state index contributed by atoms with van der Waals surface area (Å²) < 4.78 is -0.670. The molecule has 0 saturated heterocycles. The Labute approximate surface area is 81.0 Å². The third-order valence-electron chi connectivity index (χ3n) is 1.27. The Morgan fingerprint density at radius 2 is 1.92 bits per heavy atom. The lowest BCUT2D eigenvalue weighted by Gasteiger charge is -2.14. The molecular formula is C8H14BrNO2. The number of carbonyl (C=O) groups excluding carboxylic acids is 2. The second kappa shape index (κ2) is 4.60. The van der Waals surface area contributed by atoms with Gasteiger partial charge in [0.05, 0.1) is 4.32 Å². The standard InChI is InChI=1S/C8H14BrNO2/c1-4-5-6(11)10-7(12)8(2,3)9/h4-5H2,1-3H3,(H,10,11,12). The smallest absolute Gasteiger partial charge is 0.242 e. The molecule has 0 radical (unpaired) electrons. The molecule has 12 heavy (non-hydrogen) atoms. The zero-order chi connectivity index (χ0) is 9.78. The third kappa shape index (κ3) is 4.49. The first-order valence-corrected chi connectivity index (χ1v) is 4.70. The van der Waals surface area contributed by atoms with Gasteiger partial charge in [-0.2, -0.15) is 0 Å². The van der Waals surface area contributed by atoms with Crippen LogP contribution in [0.2, 0.25) is 0 Å². The highest BCUT2D eigenvalue weighted by molar-refractivity contribution is 9.10. The van der Waals surface area contributed by atoms with Gasteiger partial charge in [-0.3, -0.25) is 14.9 Å². The molecule has 1 N–H and O–H groups in total. The Balaban J connectivity index is 3.94. The molecule has 4 heteroatoms. The van der Waals surface area contributed by atoms with Crippen LogP contribution in [0.1, 0.15) is 33.6 Å². The molecule has 0 aliphatic heterocycles. The molecule has 0 aromatic rings. The van der Waals surface area contributed by atoms with Crippen molar-refractivity contribution in [3.05, 3.63) is 0 Å². The summed E-state index contributed by atoms with van der Waals surface area (Å²) in [5.74, 6) is -0.504. The van der Waals surface area contributed by atoms with Crippen molar-refractivity contribution in [3.63, 3.8) is 0 Å². The van der Waals surface area contributed by atoms with Crippen LogP contribution >= 0.6 is 15.9 Å². The molecule has 0 aromatic carbocycles. The lowest BCUT2D eigenvalue weighted by atomic mass is 10.2. The summed E-state index contributed by atoms with van der Waals surface area (Å²) in [6.07, 6.45) is 1.15. The molecule has 0 aliphatic carbocycles. The van der Waals surface area contributed by atoms with Gasteiger partial charge in [-0.1, -0.05) is 22.9 Å². The van der Waals surface area contributed by atoms with E-state index in [0.717, 1.165) is 6.42 Å². The van der Waals surface area contributed by atoms with E-state index in [1.165, 1.54) is 0 Å². The number of hydrogen-bond donors (Lipinski definition) is 1. The maximum Gasteiger partial charge on any atom is 0.242 e. The zero-order valence-corrected chi connectivity index (χ0v) is 9.19. The first-order chi connectivity index (χ1) is 5.38. The van der Waals surface area contributed by atoms with E-state index in [4.69, 9.17) is 0 Å². The second-order valence-corrected chi connectivity index (χ2v) is 5.08. The molecule has 0 heterocycles. The molecule has 3 nitrogen and oxygen atoms in total. The first-order valence-electron chi connectivity index (χ1n) is 3.91. The van der Waals surface area contributed by atoms with Crippen LogP contribution in [-0.4, -0.2) is 16.1 Å². The maximum atomic E-state index is 11.2. The molecule has 0 fully saturated rings. The molecule has 2 amide bonds. The van der Waals surface area contributed by atoms with Gasteiger partial charge in [0, 0.05) is 6.42 Å². The number of rotatable bonds is 3. The number of imide groups is 1. The van der Waals surface area contributed by atoms with Gasteiger partial charge in [0.15, 0.2) is 0 Å². The van der Waals surface area contributed by atoms with E-state index >= 15 is 0 Å². The highest BCUT2D eigenvalue weighted by Gasteiger charge is 2.24. The van der Waals surface area contributed by atoms with E-state index < -0.39 is 4.32 Å². The number of nitrogens with one attached hydrogen (secondary N) is 1. The van der Waals surface area contributed by atoms with Gasteiger partial charge >= 0.3 is 0 Å². The van der Waals surface area contributed by atoms with E-state index in [1.807, 2.05) is 6.92 Å². The average Bonchev–Trinajstić information content (AvgIpc) is 1.85. The number of hydrogen-bond acceptors (Lipinski definition) is 2. The summed E-state index contributed by atoms with van der Waals surface area (Å²) in [6.45, 7) is 5.28. The average molecular weight is 236 g/mol. The Morgan fingerprint density at radius 1 is 1.42 bits per heavy atom. The Kier molecular flexibility index (Phi) is 4.45. The fourth-order valence-corrected chi connectivity index (χ4v) is 0.664. The predicted octanol–water partition coefficient (Wildman–Crippen LogP) is 1.60. The van der Waals surface area contributed by atoms with Crippen molar-refractivity contribution >= 4 is 27.7 Å². The summed E-state index contributed by atoms with van der Waals surface area (Å²) in [5.41, 5.74) is 0. The summed E-state index contributed by atoms with van der Waals surface area (Å²) in [5, 5.41) is 2.30. The summed E-state index contributed by atoms with van der Waals surface area (Å²) in [6, 6.07) is 0. The molecule has 0 rings (SSSR count). The lowest BCUT2D eigenvalue weighted by Crippen LogP contribution is -2.40. The van der Waals surface area contributed by atoms with Gasteiger partial charge in [0.25, 0.3) is 0 Å². The maximum absolute atomic E-state index is 11.2. The highest BCUT2D eigenvalue weighted by atomic mass is 79.9. The molecule has 0 aromatic heterocycles. The van der Waals surface area contributed by atoms with E-state index in [1.54, 1.807) is 13.8 Å². The number of carbonyl (C=O) groups is 2. The molecule has 0 aliphatic rings. The Hall–Kier alpha value is -0.380. The van der Waals surface area contributed by atoms with Crippen molar-refractivity contribution in [3.8, 4) is 0 Å². The van der Waals surface area contributed by atoms with Gasteiger partial charge in [0.2, 0.25) is 11.8 Å². The monoisotopic (exact) mass is 235 g/mol. The van der Waals surface area contributed by atoms with Crippen LogP contribution in [0.5, 0.6) is 0 Å². The van der Waals surface area contributed by atoms with Crippen LogP contribution < -0.4 is 5.32 Å². The van der Waals surface area contributed by atoms with Crippen molar-refractivity contribution in [1.29, 1.82) is 0 Å². The molecule has 0 bridgehead atoms. The van der Waals surface area contributed by atoms with Crippen LogP contribution in [0.15, 0.2) is 0 Å². The summed E-state index contributed by atoms with van der Waals surface area (Å²) >= 11 is 3.16. The van der Waals surface area contributed by atoms with Gasteiger partial charge in [0.1, 0.15) is 0 Å². The van der Waals surface area contributed by atoms with Crippen molar-refractivity contribution in [1.82, 2.24) is 5.32 Å². The normalized spacial score (nSPS) is 11.0. The Morgan fingerprint density at radius 3 is 2.25 bits per heavy atom. The van der Waals surface area contributed by atoms with Crippen LogP contribution in [0.4, 0.5) is 0 Å². The van der Waals surface area contributed by atoms with Crippen molar-refractivity contribution in [2.24, 2.45) is 0 Å². The summed E-state index contributed by atoms with van der Waals surface area (Å²) in [4.78, 5) is 22.1. The van der Waals surface area contributed by atoms with E-state index in [9.17, 15) is 9.59 Å².